The third-order valence-electron chi connectivity index (χ3n) is 19.0. The minimum atomic E-state index is -1.86. The third-order valence-corrected chi connectivity index (χ3v) is 19.0. The summed E-state index contributed by atoms with van der Waals surface area (Å²) in [6.07, 6.45) is 0.401. The highest BCUT2D eigenvalue weighted by molar-refractivity contribution is 6.01. The highest BCUT2D eigenvalue weighted by Gasteiger charge is 2.38. The van der Waals surface area contributed by atoms with Crippen molar-refractivity contribution < 1.29 is 121 Å². The zero-order chi connectivity index (χ0) is 91.2. The molecule has 0 bridgehead atoms. The molecule has 1 aliphatic rings. The number of aliphatic hydroxyl groups is 2. The molecule has 1 saturated carbocycles. The Morgan fingerprint density at radius 1 is 0.375 bits per heavy atom. The van der Waals surface area contributed by atoms with Gasteiger partial charge in [-0.15, -0.1) is 0 Å². The molecule has 29 N–H and O–H groups in total. The molecule has 0 heterocycles. The first-order valence-electron chi connectivity index (χ1n) is 40.0. The number of nitrogens with two attached hydrogens (primary N) is 4. The third kappa shape index (κ3) is 42.9. The van der Waals surface area contributed by atoms with Gasteiger partial charge in [0.2, 0.25) is 112 Å². The summed E-state index contributed by atoms with van der Waals surface area (Å²) in [6.45, 7) is 10.2. The maximum atomic E-state index is 14.1. The second-order valence-corrected chi connectivity index (χ2v) is 30.5. The fourth-order valence-electron chi connectivity index (χ4n) is 11.9. The average Bonchev–Trinajstić information content (AvgIpc) is 0.856. The van der Waals surface area contributed by atoms with E-state index in [-0.39, 0.29) is 37.6 Å². The van der Waals surface area contributed by atoms with E-state index in [1.807, 2.05) is 0 Å². The van der Waals surface area contributed by atoms with Gasteiger partial charge in [0.25, 0.3) is 0 Å². The number of hydrogen-bond acceptors (Lipinski definition) is 25. The molecule has 46 heteroatoms. The van der Waals surface area contributed by atoms with Gasteiger partial charge in [0, 0.05) is 19.3 Å². The van der Waals surface area contributed by atoms with Crippen molar-refractivity contribution in [2.24, 2.45) is 52.5 Å². The highest BCUT2D eigenvalue weighted by Crippen LogP contribution is 2.27. The van der Waals surface area contributed by atoms with Crippen molar-refractivity contribution in [3.05, 3.63) is 0 Å². The maximum Gasteiger partial charge on any atom is 0.303 e. The normalized spacial score (nSPS) is 15.5. The predicted molar refractivity (Wildman–Crippen MR) is 426 cm³/mol. The zero-order valence-corrected chi connectivity index (χ0v) is 69.7. The lowest BCUT2D eigenvalue weighted by molar-refractivity contribution is -0.140. The van der Waals surface area contributed by atoms with Crippen molar-refractivity contribution in [2.45, 2.75) is 257 Å². The molecule has 0 unspecified atom stereocenters. The molecule has 0 aromatic heterocycles. The van der Waals surface area contributed by atoms with Crippen LogP contribution in [0.2, 0.25) is 0 Å². The quantitative estimate of drug-likeness (QED) is 0.0252. The number of carbonyl (C=O) groups excluding carboxylic acids is 19. The van der Waals surface area contributed by atoms with Crippen LogP contribution < -0.4 is 113 Å². The number of primary amides is 2. The van der Waals surface area contributed by atoms with Crippen LogP contribution in [0.4, 0.5) is 0 Å². The van der Waals surface area contributed by atoms with Crippen LogP contribution >= 0.6 is 0 Å². The smallest absolute Gasteiger partial charge is 0.303 e. The molecule has 14 atom stereocenters. The number of rotatable bonds is 58. The van der Waals surface area contributed by atoms with E-state index in [0.717, 1.165) is 39.0 Å². The Labute approximate surface area is 695 Å². The Morgan fingerprint density at radius 2 is 0.758 bits per heavy atom. The molecule has 1 fully saturated rings. The van der Waals surface area contributed by atoms with Crippen molar-refractivity contribution in [1.82, 2.24) is 90.4 Å². The summed E-state index contributed by atoms with van der Waals surface area (Å²) in [5.41, 5.74) is 22.1. The van der Waals surface area contributed by atoms with Crippen LogP contribution in [0.3, 0.4) is 0 Å². The number of aliphatic carboxylic acids is 2. The Balaban J connectivity index is 3.19. The van der Waals surface area contributed by atoms with Crippen molar-refractivity contribution >= 4 is 124 Å². The average molecular weight is 1710 g/mol. The molecule has 0 aromatic carbocycles. The Bertz CT molecular complexity index is 3520. The number of carboxylic acids is 2. The molecule has 0 saturated heterocycles. The van der Waals surface area contributed by atoms with Crippen LogP contribution in [0.5, 0.6) is 0 Å². The summed E-state index contributed by atoms with van der Waals surface area (Å²) in [5, 5.41) is 80.1. The standard InChI is InChI=1S/C74H127N21O25/c1-11-39(8)61(71(117)83-31-53(101)80-30-52(100)79-29-51(78)99)94-69(115)48(27-36(2)3)87-55(103)33-84-72(118)62(41(10)97)95-70(116)49(35-96)91-73(119)60(38(6)7)93-74(120)59(37(4)5)92-56(104)34-81-63(109)40(9)85-65(111)44(19-15-16-26-75)88-67(113)46(21-24-57(105)106)90-68(114)47(22-25-58(107)108)89-66(112)45(20-23-50(77)98)86-54(102)32-82-64(110)43(76)28-42-17-13-12-14-18-42/h36-49,59-62,96-97H,11-35,75-76H2,1-10H3,(H2,77,98)(H2,78,99)(H,79,100)(H,80,101)(H,81,109)(H,82,110)(H,83,117)(H,84,118)(H,85,111)(H,86,102)(H,87,103)(H,88,113)(H,89,112)(H,90,114)(H,91,119)(H,92,104)(H,93,120)(H,94,115)(H,95,116)(H,105,106)(H,107,108)/t39-,40-,41+,43-,44-,45-,46-,47-,48-,49-,59-,60-,61-,62-/m0/s1. The Kier molecular flexibility index (Phi) is 50.0. The van der Waals surface area contributed by atoms with Crippen molar-refractivity contribution in [1.29, 1.82) is 0 Å². The molecule has 1 aliphatic carbocycles. The van der Waals surface area contributed by atoms with Crippen LogP contribution in [-0.2, 0) is 101 Å². The van der Waals surface area contributed by atoms with Gasteiger partial charge in [0.1, 0.15) is 66.5 Å². The first-order valence-corrected chi connectivity index (χ1v) is 40.0. The zero-order valence-electron chi connectivity index (χ0n) is 69.7. The van der Waals surface area contributed by atoms with Gasteiger partial charge in [-0.05, 0) is 101 Å². The SMILES string of the molecule is CC[C@H](C)[C@H](NC(=O)[C@H](CC(C)C)NC(=O)CNC(=O)[C@@H](NC(=O)[C@H](CO)NC(=O)[C@@H](NC(=O)[C@@H](NC(=O)CNC(=O)[C@H](C)NC(=O)[C@H](CCCCN)NC(=O)[C@H](CCC(=O)O)NC(=O)[C@H](CCC(=O)O)NC(=O)[C@H](CCC(N)=O)NC(=O)CNC(=O)[C@@H](N)CC1CCCCC1)C(C)C)C(C)C)[C@@H](C)O)C(=O)NCC(=O)NCC(=O)NCC(N)=O. The van der Waals surface area contributed by atoms with E-state index in [4.69, 9.17) is 22.9 Å². The first kappa shape index (κ1) is 107. The van der Waals surface area contributed by atoms with E-state index < -0.39 is 305 Å². The molecule has 1 rings (SSSR count). The molecule has 19 amide bonds. The second-order valence-electron chi connectivity index (χ2n) is 30.5. The predicted octanol–water partition coefficient (Wildman–Crippen LogP) is -9.28. The fourth-order valence-corrected chi connectivity index (χ4v) is 11.9. The summed E-state index contributed by atoms with van der Waals surface area (Å²) in [5.74, 6) is -23.2. The van der Waals surface area contributed by atoms with Gasteiger partial charge in [0.05, 0.1) is 58.0 Å². The molecule has 0 aliphatic heterocycles. The van der Waals surface area contributed by atoms with E-state index >= 15 is 0 Å². The summed E-state index contributed by atoms with van der Waals surface area (Å²) < 4.78 is 0. The lowest BCUT2D eigenvalue weighted by atomic mass is 9.85. The molecule has 120 heavy (non-hydrogen) atoms. The van der Waals surface area contributed by atoms with Gasteiger partial charge in [-0.2, -0.15) is 0 Å². The number of nitrogens with one attached hydrogen (secondary N) is 17. The van der Waals surface area contributed by atoms with Crippen molar-refractivity contribution in [3.8, 4) is 0 Å². The number of carboxylic acid groups (broad SMARTS) is 2. The van der Waals surface area contributed by atoms with Crippen LogP contribution in [-0.4, -0.2) is 276 Å². The topological polar surface area (TPSA) is 748 Å². The fraction of sp³-hybridized carbons (Fsp3) is 0.716. The van der Waals surface area contributed by atoms with Gasteiger partial charge in [-0.25, -0.2) is 0 Å². The number of unbranched alkanes of at least 4 members (excludes halogenated alkanes) is 1. The largest absolute Gasteiger partial charge is 0.481 e. The minimum Gasteiger partial charge on any atom is -0.481 e. The molecule has 0 radical (unpaired) electrons. The van der Waals surface area contributed by atoms with E-state index in [2.05, 4.69) is 90.4 Å². The van der Waals surface area contributed by atoms with E-state index in [1.54, 1.807) is 27.7 Å². The van der Waals surface area contributed by atoms with Gasteiger partial charge >= 0.3 is 11.9 Å². The molecular weight excluding hydrogens is 1580 g/mol. The van der Waals surface area contributed by atoms with E-state index in [1.165, 1.54) is 34.6 Å². The lowest BCUT2D eigenvalue weighted by Crippen LogP contribution is -2.62. The Morgan fingerprint density at radius 3 is 1.23 bits per heavy atom. The Hall–Kier alpha value is -11.3. The molecular formula is C74H127N21O25. The summed E-state index contributed by atoms with van der Waals surface area (Å²) in [6, 6.07) is -18.4. The van der Waals surface area contributed by atoms with Crippen LogP contribution in [0.15, 0.2) is 0 Å². The molecule has 678 valence electrons. The molecule has 0 aromatic rings. The van der Waals surface area contributed by atoms with Crippen molar-refractivity contribution in [2.75, 3.05) is 52.4 Å². The van der Waals surface area contributed by atoms with Gasteiger partial charge in [-0.3, -0.25) is 101 Å². The highest BCUT2D eigenvalue weighted by atomic mass is 16.4. The molecule has 0 spiro atoms. The lowest BCUT2D eigenvalue weighted by Gasteiger charge is -2.29. The van der Waals surface area contributed by atoms with Crippen molar-refractivity contribution in [3.63, 3.8) is 0 Å². The van der Waals surface area contributed by atoms with Gasteiger partial charge in [-0.1, -0.05) is 93.9 Å². The second kappa shape index (κ2) is 56.2. The summed E-state index contributed by atoms with van der Waals surface area (Å²) in [7, 11) is 0. The van der Waals surface area contributed by atoms with Crippen LogP contribution in [0.1, 0.15) is 178 Å². The number of amides is 19. The van der Waals surface area contributed by atoms with Gasteiger partial charge < -0.3 is 134 Å². The van der Waals surface area contributed by atoms with Gasteiger partial charge in [0.15, 0.2) is 0 Å². The number of carbonyl (C=O) groups is 21. The maximum absolute atomic E-state index is 14.1. The number of hydrogen-bond donors (Lipinski definition) is 25. The minimum absolute atomic E-state index is 0.0162. The summed E-state index contributed by atoms with van der Waals surface area (Å²) in [4.78, 5) is 275. The van der Waals surface area contributed by atoms with E-state index in [9.17, 15) is 121 Å². The number of aliphatic hydroxyl groups excluding tert-OH is 2. The first-order chi connectivity index (χ1) is 56.2. The monoisotopic (exact) mass is 1710 g/mol. The molecule has 46 nitrogen and oxygen atoms in total. The van der Waals surface area contributed by atoms with Crippen LogP contribution in [0, 0.1) is 29.6 Å². The van der Waals surface area contributed by atoms with Crippen LogP contribution in [0.25, 0.3) is 0 Å². The summed E-state index contributed by atoms with van der Waals surface area (Å²) >= 11 is 0. The van der Waals surface area contributed by atoms with E-state index in [0.29, 0.717) is 19.3 Å².